The molecule has 1 amide bonds. The number of amides is 1. The number of pyridine rings is 1. The summed E-state index contributed by atoms with van der Waals surface area (Å²) in [6.07, 6.45) is 1.73. The molecule has 29 heavy (non-hydrogen) atoms. The number of benzene rings is 2. The largest absolute Gasteiger partial charge is 0.494 e. The topological polar surface area (TPSA) is 86.0 Å². The van der Waals surface area contributed by atoms with Crippen molar-refractivity contribution in [2.75, 3.05) is 14.2 Å². The minimum Gasteiger partial charge on any atom is -0.494 e. The van der Waals surface area contributed by atoms with E-state index < -0.39 is 0 Å². The van der Waals surface area contributed by atoms with Gasteiger partial charge in [0.05, 0.1) is 14.2 Å². The van der Waals surface area contributed by atoms with Crippen LogP contribution in [0.5, 0.6) is 5.75 Å². The lowest BCUT2D eigenvalue weighted by Gasteiger charge is -2.19. The molecular weight excluding hydrogens is 368 g/mol. The minimum atomic E-state index is -0.0727. The SMILES string of the molecule is COc1ccc(CN(C)C(=O)c2ccc(-c3nnn(C)n3)cc2)c2cccnc12. The molecule has 8 nitrogen and oxygen atoms in total. The second kappa shape index (κ2) is 7.67. The maximum Gasteiger partial charge on any atom is 0.253 e. The van der Waals surface area contributed by atoms with E-state index in [1.54, 1.807) is 44.4 Å². The number of rotatable bonds is 5. The maximum absolute atomic E-state index is 12.9. The van der Waals surface area contributed by atoms with Gasteiger partial charge in [0.25, 0.3) is 5.91 Å². The van der Waals surface area contributed by atoms with Gasteiger partial charge in [-0.25, -0.2) is 0 Å². The Labute approximate surface area is 167 Å². The van der Waals surface area contributed by atoms with Crippen LogP contribution in [0.2, 0.25) is 0 Å². The van der Waals surface area contributed by atoms with Crippen molar-refractivity contribution >= 4 is 16.8 Å². The van der Waals surface area contributed by atoms with Gasteiger partial charge in [0.15, 0.2) is 0 Å². The molecule has 4 rings (SSSR count). The highest BCUT2D eigenvalue weighted by Gasteiger charge is 2.15. The second-order valence-corrected chi connectivity index (χ2v) is 6.67. The molecule has 2 aromatic heterocycles. The first-order valence-corrected chi connectivity index (χ1v) is 9.07. The zero-order valence-corrected chi connectivity index (χ0v) is 16.4. The Morgan fingerprint density at radius 3 is 2.62 bits per heavy atom. The molecule has 0 aliphatic heterocycles. The minimum absolute atomic E-state index is 0.0727. The summed E-state index contributed by atoms with van der Waals surface area (Å²) >= 11 is 0. The summed E-state index contributed by atoms with van der Waals surface area (Å²) in [5, 5.41) is 13.0. The van der Waals surface area contributed by atoms with Crippen LogP contribution in [0.1, 0.15) is 15.9 Å². The van der Waals surface area contributed by atoms with Gasteiger partial charge >= 0.3 is 0 Å². The molecule has 0 fully saturated rings. The van der Waals surface area contributed by atoms with E-state index in [0.717, 1.165) is 22.0 Å². The fraction of sp³-hybridized carbons (Fsp3) is 0.190. The van der Waals surface area contributed by atoms with Gasteiger partial charge in [-0.2, -0.15) is 4.80 Å². The lowest BCUT2D eigenvalue weighted by Crippen LogP contribution is -2.26. The number of nitrogens with zero attached hydrogens (tertiary/aromatic N) is 6. The number of carbonyl (C=O) groups is 1. The first-order valence-electron chi connectivity index (χ1n) is 9.07. The Kier molecular flexibility index (Phi) is 4.90. The molecule has 4 aromatic rings. The third-order valence-corrected chi connectivity index (χ3v) is 4.70. The number of carbonyl (C=O) groups excluding carboxylic acids is 1. The van der Waals surface area contributed by atoms with Gasteiger partial charge in [0.1, 0.15) is 11.3 Å². The second-order valence-electron chi connectivity index (χ2n) is 6.67. The number of methoxy groups -OCH3 is 1. The fourth-order valence-electron chi connectivity index (χ4n) is 3.22. The summed E-state index contributed by atoms with van der Waals surface area (Å²) in [7, 11) is 5.12. The summed E-state index contributed by atoms with van der Waals surface area (Å²) in [5.74, 6) is 1.17. The highest BCUT2D eigenvalue weighted by molar-refractivity contribution is 5.95. The van der Waals surface area contributed by atoms with Gasteiger partial charge in [-0.05, 0) is 35.0 Å². The van der Waals surface area contributed by atoms with E-state index in [2.05, 4.69) is 20.4 Å². The number of ether oxygens (including phenoxy) is 1. The third-order valence-electron chi connectivity index (χ3n) is 4.70. The van der Waals surface area contributed by atoms with E-state index in [4.69, 9.17) is 4.74 Å². The highest BCUT2D eigenvalue weighted by atomic mass is 16.5. The first-order chi connectivity index (χ1) is 14.1. The van der Waals surface area contributed by atoms with Crippen LogP contribution in [0.25, 0.3) is 22.3 Å². The van der Waals surface area contributed by atoms with Crippen LogP contribution < -0.4 is 4.74 Å². The molecule has 0 atom stereocenters. The molecule has 0 saturated carbocycles. The number of tetrazole rings is 1. The third kappa shape index (κ3) is 3.64. The van der Waals surface area contributed by atoms with Crippen molar-refractivity contribution in [1.29, 1.82) is 0 Å². The molecule has 2 heterocycles. The molecule has 0 spiro atoms. The highest BCUT2D eigenvalue weighted by Crippen LogP contribution is 2.27. The van der Waals surface area contributed by atoms with Crippen LogP contribution in [0.4, 0.5) is 0 Å². The van der Waals surface area contributed by atoms with Gasteiger partial charge in [-0.15, -0.1) is 10.2 Å². The number of aryl methyl sites for hydroxylation is 1. The quantitative estimate of drug-likeness (QED) is 0.523. The fourth-order valence-corrected chi connectivity index (χ4v) is 3.22. The van der Waals surface area contributed by atoms with Gasteiger partial charge < -0.3 is 9.64 Å². The van der Waals surface area contributed by atoms with Crippen LogP contribution in [0, 0.1) is 0 Å². The Balaban J connectivity index is 1.55. The van der Waals surface area contributed by atoms with Crippen LogP contribution in [0.3, 0.4) is 0 Å². The maximum atomic E-state index is 12.9. The Morgan fingerprint density at radius 2 is 1.93 bits per heavy atom. The summed E-state index contributed by atoms with van der Waals surface area (Å²) in [6.45, 7) is 0.457. The van der Waals surface area contributed by atoms with E-state index in [1.807, 2.05) is 36.4 Å². The zero-order valence-electron chi connectivity index (χ0n) is 16.4. The number of fused-ring (bicyclic) bond motifs is 1. The molecular formula is C21H20N6O2. The van der Waals surface area contributed by atoms with E-state index in [9.17, 15) is 4.79 Å². The van der Waals surface area contributed by atoms with Crippen LogP contribution >= 0.6 is 0 Å². The molecule has 8 heteroatoms. The molecule has 0 radical (unpaired) electrons. The van der Waals surface area contributed by atoms with Crippen molar-refractivity contribution in [2.24, 2.45) is 7.05 Å². The molecule has 0 N–H and O–H groups in total. The van der Waals surface area contributed by atoms with Crippen molar-refractivity contribution in [3.05, 3.63) is 65.9 Å². The van der Waals surface area contributed by atoms with Crippen LogP contribution in [-0.4, -0.2) is 50.2 Å². The van der Waals surface area contributed by atoms with E-state index >= 15 is 0 Å². The lowest BCUT2D eigenvalue weighted by molar-refractivity contribution is 0.0785. The van der Waals surface area contributed by atoms with Crippen LogP contribution in [0.15, 0.2) is 54.7 Å². The summed E-state index contributed by atoms with van der Waals surface area (Å²) < 4.78 is 5.39. The molecule has 146 valence electrons. The number of aromatic nitrogens is 5. The average molecular weight is 388 g/mol. The Hall–Kier alpha value is -3.81. The number of hydrogen-bond donors (Lipinski definition) is 0. The Bertz CT molecular complexity index is 1170. The van der Waals surface area contributed by atoms with Crippen molar-refractivity contribution < 1.29 is 9.53 Å². The number of hydrogen-bond acceptors (Lipinski definition) is 6. The van der Waals surface area contributed by atoms with Gasteiger partial charge in [-0.3, -0.25) is 9.78 Å². The van der Waals surface area contributed by atoms with E-state index in [1.165, 1.54) is 4.80 Å². The van der Waals surface area contributed by atoms with Crippen molar-refractivity contribution in [1.82, 2.24) is 30.1 Å². The van der Waals surface area contributed by atoms with Crippen molar-refractivity contribution in [2.45, 2.75) is 6.54 Å². The zero-order chi connectivity index (χ0) is 20.4. The first kappa shape index (κ1) is 18.5. The monoisotopic (exact) mass is 388 g/mol. The molecule has 0 unspecified atom stereocenters. The standard InChI is InChI=1S/C21H20N6O2/c1-26(13-16-10-11-18(29-3)19-17(16)5-4-12-22-19)21(28)15-8-6-14(7-9-15)20-23-25-27(2)24-20/h4-12H,13H2,1-3H3. The van der Waals surface area contributed by atoms with Gasteiger partial charge in [0, 0.05) is 36.3 Å². The molecule has 0 bridgehead atoms. The normalized spacial score (nSPS) is 10.9. The smallest absolute Gasteiger partial charge is 0.253 e. The van der Waals surface area contributed by atoms with Crippen LogP contribution in [-0.2, 0) is 13.6 Å². The molecule has 2 aromatic carbocycles. The van der Waals surface area contributed by atoms with Crippen molar-refractivity contribution in [3.8, 4) is 17.1 Å². The molecule has 0 aliphatic rings. The average Bonchev–Trinajstić information content (AvgIpc) is 3.20. The summed E-state index contributed by atoms with van der Waals surface area (Å²) in [6, 6.07) is 14.9. The summed E-state index contributed by atoms with van der Waals surface area (Å²) in [4.78, 5) is 20.4. The van der Waals surface area contributed by atoms with Gasteiger partial charge in [-0.1, -0.05) is 24.3 Å². The van der Waals surface area contributed by atoms with E-state index in [0.29, 0.717) is 23.7 Å². The predicted molar refractivity (Wildman–Crippen MR) is 108 cm³/mol. The molecule has 0 aliphatic carbocycles. The summed E-state index contributed by atoms with van der Waals surface area (Å²) in [5.41, 5.74) is 3.19. The lowest BCUT2D eigenvalue weighted by atomic mass is 10.1. The molecule has 0 saturated heterocycles. The van der Waals surface area contributed by atoms with Gasteiger partial charge in [0.2, 0.25) is 5.82 Å². The van der Waals surface area contributed by atoms with Crippen molar-refractivity contribution in [3.63, 3.8) is 0 Å². The van der Waals surface area contributed by atoms with E-state index in [-0.39, 0.29) is 5.91 Å². The Morgan fingerprint density at radius 1 is 1.14 bits per heavy atom. The predicted octanol–water partition coefficient (Wildman–Crippen LogP) is 2.71.